The molecule has 0 spiro atoms. The number of likely N-dealkylation sites (tertiary alicyclic amines) is 1. The predicted octanol–water partition coefficient (Wildman–Crippen LogP) is 1.63. The lowest BCUT2D eigenvalue weighted by atomic mass is 10.1. The third kappa shape index (κ3) is 3.53. The van der Waals surface area contributed by atoms with Crippen molar-refractivity contribution in [3.8, 4) is 0 Å². The van der Waals surface area contributed by atoms with E-state index in [4.69, 9.17) is 4.74 Å². The zero-order chi connectivity index (χ0) is 12.1. The number of benzene rings is 1. The first-order valence-corrected chi connectivity index (χ1v) is 6.29. The van der Waals surface area contributed by atoms with Crippen molar-refractivity contribution in [3.05, 3.63) is 35.4 Å². The lowest BCUT2D eigenvalue weighted by molar-refractivity contribution is 0.107. The van der Waals surface area contributed by atoms with E-state index in [9.17, 15) is 0 Å². The highest BCUT2D eigenvalue weighted by Gasteiger charge is 2.21. The number of hydrogen-bond donors (Lipinski definition) is 1. The largest absolute Gasteiger partial charge is 0.380 e. The van der Waals surface area contributed by atoms with Crippen LogP contribution in [0.2, 0.25) is 0 Å². The fourth-order valence-electron chi connectivity index (χ4n) is 2.43. The van der Waals surface area contributed by atoms with E-state index in [2.05, 4.69) is 34.5 Å². The van der Waals surface area contributed by atoms with Crippen molar-refractivity contribution < 1.29 is 4.74 Å². The summed E-state index contributed by atoms with van der Waals surface area (Å²) in [5, 5.41) is 3.19. The Morgan fingerprint density at radius 2 is 2.24 bits per heavy atom. The molecule has 0 aromatic heterocycles. The average Bonchev–Trinajstić information content (AvgIpc) is 2.78. The standard InChI is InChI=1S/C14H22N2O/c1-15-9-12-4-3-5-13(8-12)10-16-7-6-14(11-16)17-2/h3-5,8,14-15H,6-7,9-11H2,1-2H3. The molecule has 1 aromatic carbocycles. The van der Waals surface area contributed by atoms with Gasteiger partial charge in [0.05, 0.1) is 6.10 Å². The summed E-state index contributed by atoms with van der Waals surface area (Å²) >= 11 is 0. The van der Waals surface area contributed by atoms with Crippen molar-refractivity contribution in [1.82, 2.24) is 10.2 Å². The fourth-order valence-corrected chi connectivity index (χ4v) is 2.43. The second-order valence-electron chi connectivity index (χ2n) is 4.73. The second-order valence-corrected chi connectivity index (χ2v) is 4.73. The summed E-state index contributed by atoms with van der Waals surface area (Å²) in [6.45, 7) is 4.19. The van der Waals surface area contributed by atoms with Gasteiger partial charge in [-0.1, -0.05) is 24.3 Å². The van der Waals surface area contributed by atoms with Crippen LogP contribution < -0.4 is 5.32 Å². The fraction of sp³-hybridized carbons (Fsp3) is 0.571. The Labute approximate surface area is 104 Å². The van der Waals surface area contributed by atoms with Crippen LogP contribution in [0, 0.1) is 0 Å². The second kappa shape index (κ2) is 6.15. The number of nitrogens with one attached hydrogen (secondary N) is 1. The summed E-state index contributed by atoms with van der Waals surface area (Å²) in [5.74, 6) is 0. The number of nitrogens with zero attached hydrogens (tertiary/aromatic N) is 1. The normalized spacial score (nSPS) is 20.9. The molecule has 2 rings (SSSR count). The van der Waals surface area contributed by atoms with Crippen LogP contribution in [-0.4, -0.2) is 38.3 Å². The maximum atomic E-state index is 5.39. The smallest absolute Gasteiger partial charge is 0.0710 e. The molecule has 0 bridgehead atoms. The summed E-state index contributed by atoms with van der Waals surface area (Å²) < 4.78 is 5.39. The van der Waals surface area contributed by atoms with Gasteiger partial charge in [-0.05, 0) is 24.6 Å². The van der Waals surface area contributed by atoms with Crippen LogP contribution >= 0.6 is 0 Å². The van der Waals surface area contributed by atoms with Gasteiger partial charge in [0.1, 0.15) is 0 Å². The molecule has 1 aromatic rings. The molecule has 1 N–H and O–H groups in total. The zero-order valence-corrected chi connectivity index (χ0v) is 10.8. The SMILES string of the molecule is CNCc1cccc(CN2CCC(OC)C2)c1. The Morgan fingerprint density at radius 1 is 1.41 bits per heavy atom. The maximum Gasteiger partial charge on any atom is 0.0710 e. The van der Waals surface area contributed by atoms with Gasteiger partial charge < -0.3 is 10.1 Å². The Balaban J connectivity index is 1.92. The van der Waals surface area contributed by atoms with E-state index in [1.165, 1.54) is 11.1 Å². The van der Waals surface area contributed by atoms with Gasteiger partial charge in [0.25, 0.3) is 0 Å². The lowest BCUT2D eigenvalue weighted by Crippen LogP contribution is -2.22. The molecule has 17 heavy (non-hydrogen) atoms. The molecular weight excluding hydrogens is 212 g/mol. The lowest BCUT2D eigenvalue weighted by Gasteiger charge is -2.16. The highest BCUT2D eigenvalue weighted by atomic mass is 16.5. The number of rotatable bonds is 5. The van der Waals surface area contributed by atoms with Crippen LogP contribution in [-0.2, 0) is 17.8 Å². The van der Waals surface area contributed by atoms with Crippen LogP contribution in [0.25, 0.3) is 0 Å². The molecule has 1 aliphatic heterocycles. The van der Waals surface area contributed by atoms with Gasteiger partial charge >= 0.3 is 0 Å². The highest BCUT2D eigenvalue weighted by Crippen LogP contribution is 2.16. The minimum absolute atomic E-state index is 0.426. The van der Waals surface area contributed by atoms with E-state index in [1.54, 1.807) is 0 Å². The van der Waals surface area contributed by atoms with Gasteiger partial charge in [-0.2, -0.15) is 0 Å². The quantitative estimate of drug-likeness (QED) is 0.838. The van der Waals surface area contributed by atoms with E-state index in [-0.39, 0.29) is 0 Å². The third-order valence-electron chi connectivity index (χ3n) is 3.34. The molecule has 1 fully saturated rings. The van der Waals surface area contributed by atoms with Gasteiger partial charge in [-0.15, -0.1) is 0 Å². The predicted molar refractivity (Wildman–Crippen MR) is 69.9 cm³/mol. The van der Waals surface area contributed by atoms with Gasteiger partial charge in [0, 0.05) is 33.3 Å². The topological polar surface area (TPSA) is 24.5 Å². The number of hydrogen-bond acceptors (Lipinski definition) is 3. The van der Waals surface area contributed by atoms with Crippen molar-refractivity contribution in [1.29, 1.82) is 0 Å². The van der Waals surface area contributed by atoms with Gasteiger partial charge in [0.2, 0.25) is 0 Å². The van der Waals surface area contributed by atoms with Crippen LogP contribution in [0.3, 0.4) is 0 Å². The van der Waals surface area contributed by atoms with Crippen LogP contribution in [0.15, 0.2) is 24.3 Å². The summed E-state index contributed by atoms with van der Waals surface area (Å²) in [7, 11) is 3.79. The number of methoxy groups -OCH3 is 1. The van der Waals surface area contributed by atoms with Crippen molar-refractivity contribution in [3.63, 3.8) is 0 Å². The molecule has 3 nitrogen and oxygen atoms in total. The van der Waals surface area contributed by atoms with E-state index < -0.39 is 0 Å². The molecule has 0 radical (unpaired) electrons. The highest BCUT2D eigenvalue weighted by molar-refractivity contribution is 5.23. The zero-order valence-electron chi connectivity index (χ0n) is 10.8. The Kier molecular flexibility index (Phi) is 4.54. The Hall–Kier alpha value is -0.900. The average molecular weight is 234 g/mol. The first kappa shape index (κ1) is 12.6. The van der Waals surface area contributed by atoms with E-state index >= 15 is 0 Å². The first-order chi connectivity index (χ1) is 8.31. The molecule has 0 amide bonds. The summed E-state index contributed by atoms with van der Waals surface area (Å²) in [6, 6.07) is 8.81. The van der Waals surface area contributed by atoms with E-state index in [0.29, 0.717) is 6.10 Å². The van der Waals surface area contributed by atoms with E-state index in [0.717, 1.165) is 32.6 Å². The van der Waals surface area contributed by atoms with Crippen molar-refractivity contribution in [2.24, 2.45) is 0 Å². The molecule has 94 valence electrons. The first-order valence-electron chi connectivity index (χ1n) is 6.29. The molecule has 1 atom stereocenters. The van der Waals surface area contributed by atoms with Gasteiger partial charge in [0.15, 0.2) is 0 Å². The molecule has 1 unspecified atom stereocenters. The van der Waals surface area contributed by atoms with Crippen LogP contribution in [0.4, 0.5) is 0 Å². The molecule has 1 heterocycles. The molecule has 3 heteroatoms. The summed E-state index contributed by atoms with van der Waals surface area (Å²) in [5.41, 5.74) is 2.75. The minimum atomic E-state index is 0.426. The van der Waals surface area contributed by atoms with Gasteiger partial charge in [-0.3, -0.25) is 4.90 Å². The monoisotopic (exact) mass is 234 g/mol. The number of ether oxygens (including phenoxy) is 1. The van der Waals surface area contributed by atoms with Crippen molar-refractivity contribution in [2.75, 3.05) is 27.2 Å². The molecule has 1 aliphatic rings. The van der Waals surface area contributed by atoms with Crippen molar-refractivity contribution in [2.45, 2.75) is 25.6 Å². The van der Waals surface area contributed by atoms with Crippen LogP contribution in [0.5, 0.6) is 0 Å². The molecule has 1 saturated heterocycles. The van der Waals surface area contributed by atoms with Gasteiger partial charge in [-0.25, -0.2) is 0 Å². The molecular formula is C14H22N2O. The van der Waals surface area contributed by atoms with Crippen molar-refractivity contribution >= 4 is 0 Å². The summed E-state index contributed by atoms with van der Waals surface area (Å²) in [4.78, 5) is 2.46. The molecule has 0 saturated carbocycles. The third-order valence-corrected chi connectivity index (χ3v) is 3.34. The maximum absolute atomic E-state index is 5.39. The Morgan fingerprint density at radius 3 is 2.94 bits per heavy atom. The Bertz CT molecular complexity index is 354. The summed E-state index contributed by atoms with van der Waals surface area (Å²) in [6.07, 6.45) is 1.59. The molecule has 0 aliphatic carbocycles. The minimum Gasteiger partial charge on any atom is -0.380 e. The van der Waals surface area contributed by atoms with Crippen LogP contribution in [0.1, 0.15) is 17.5 Å². The van der Waals surface area contributed by atoms with E-state index in [1.807, 2.05) is 14.2 Å².